The molecule has 0 saturated carbocycles. The van der Waals surface area contributed by atoms with E-state index in [4.69, 9.17) is 10.5 Å². The molecular formula is C25H23FN2O5. The van der Waals surface area contributed by atoms with Crippen LogP contribution in [-0.2, 0) is 6.42 Å². The number of carbonyl (C=O) groups is 2. The number of aliphatic hydroxyl groups excluding tert-OH is 2. The van der Waals surface area contributed by atoms with E-state index in [2.05, 4.69) is 5.32 Å². The molecule has 0 radical (unpaired) electrons. The molecule has 0 fully saturated rings. The van der Waals surface area contributed by atoms with Gasteiger partial charge in [-0.25, -0.2) is 4.39 Å². The topological polar surface area (TPSA) is 122 Å². The van der Waals surface area contributed by atoms with Gasteiger partial charge in [-0.15, -0.1) is 0 Å². The number of nitrogens with two attached hydrogens (primary N) is 1. The number of nitrogens with one attached hydrogen (secondary N) is 1. The van der Waals surface area contributed by atoms with Crippen molar-refractivity contribution in [3.8, 4) is 28.0 Å². The molecule has 1 aliphatic carbocycles. The highest BCUT2D eigenvalue weighted by atomic mass is 19.1. The Morgan fingerprint density at radius 1 is 1.06 bits per heavy atom. The molecule has 0 saturated heterocycles. The monoisotopic (exact) mass is 450 g/mol. The summed E-state index contributed by atoms with van der Waals surface area (Å²) in [5.41, 5.74) is 10.8. The summed E-state index contributed by atoms with van der Waals surface area (Å²) in [5, 5.41) is 21.0. The Hall–Kier alpha value is -3.75. The number of ether oxygens (including phenoxy) is 1. The molecule has 7 nitrogen and oxygen atoms in total. The fraction of sp³-hybridized carbons (Fsp3) is 0.200. The smallest absolute Gasteiger partial charge is 0.251 e. The Bertz CT molecular complexity index is 1250. The summed E-state index contributed by atoms with van der Waals surface area (Å²) in [6.45, 7) is -0.759. The van der Waals surface area contributed by atoms with Gasteiger partial charge in [-0.1, -0.05) is 12.1 Å². The predicted molar refractivity (Wildman–Crippen MR) is 121 cm³/mol. The van der Waals surface area contributed by atoms with E-state index in [9.17, 15) is 24.2 Å². The minimum Gasteiger partial charge on any atom is -0.494 e. The quantitative estimate of drug-likeness (QED) is 0.344. The van der Waals surface area contributed by atoms with Crippen molar-refractivity contribution in [2.75, 3.05) is 20.3 Å². The van der Waals surface area contributed by atoms with Gasteiger partial charge < -0.3 is 26.0 Å². The zero-order valence-corrected chi connectivity index (χ0v) is 17.9. The fourth-order valence-electron chi connectivity index (χ4n) is 4.09. The molecular weight excluding hydrogens is 427 g/mol. The molecule has 2 amide bonds. The summed E-state index contributed by atoms with van der Waals surface area (Å²) in [4.78, 5) is 24.7. The average molecular weight is 450 g/mol. The van der Waals surface area contributed by atoms with E-state index >= 15 is 0 Å². The van der Waals surface area contributed by atoms with Crippen LogP contribution in [0.25, 0.3) is 22.3 Å². The normalized spacial score (nSPS) is 11.8. The van der Waals surface area contributed by atoms with Crippen molar-refractivity contribution in [1.82, 2.24) is 5.32 Å². The van der Waals surface area contributed by atoms with Gasteiger partial charge in [0.15, 0.2) is 11.6 Å². The highest BCUT2D eigenvalue weighted by molar-refractivity contribution is 6.01. The standard InChI is InChI=1S/C25H23FN2O5/c1-33-23-5-3-13(10-22(23)26)15-7-19-18-4-2-14(25(32)28-17(11-29)12-30)6-16(18)9-20(19)21(8-15)24(27)31/h2-8,10,17,29-30H,9,11-12H2,1H3,(H2,27,31)(H,28,32). The SMILES string of the molecule is COc1ccc(-c2cc(C(N)=O)c3c(c2)-c2ccc(C(=O)NC(CO)CO)cc2C3)cc1F. The van der Waals surface area contributed by atoms with Crippen molar-refractivity contribution in [2.45, 2.75) is 12.5 Å². The first-order valence-corrected chi connectivity index (χ1v) is 10.3. The van der Waals surface area contributed by atoms with Crippen LogP contribution in [0.1, 0.15) is 31.8 Å². The minimum absolute atomic E-state index is 0.121. The summed E-state index contributed by atoms with van der Waals surface area (Å²) in [5.74, 6) is -1.42. The number of benzene rings is 3. The molecule has 3 aromatic carbocycles. The maximum atomic E-state index is 14.3. The second kappa shape index (κ2) is 9.01. The van der Waals surface area contributed by atoms with Crippen molar-refractivity contribution < 1.29 is 28.9 Å². The van der Waals surface area contributed by atoms with E-state index in [0.29, 0.717) is 28.7 Å². The second-order valence-corrected chi connectivity index (χ2v) is 7.85. The molecule has 170 valence electrons. The summed E-state index contributed by atoms with van der Waals surface area (Å²) in [6, 6.07) is 12.5. The maximum Gasteiger partial charge on any atom is 0.251 e. The number of fused-ring (bicyclic) bond motifs is 3. The molecule has 0 aliphatic heterocycles. The minimum atomic E-state index is -0.753. The number of methoxy groups -OCH3 is 1. The summed E-state index contributed by atoms with van der Waals surface area (Å²) in [7, 11) is 1.39. The van der Waals surface area contributed by atoms with E-state index in [1.54, 1.807) is 30.3 Å². The van der Waals surface area contributed by atoms with Crippen LogP contribution in [0.4, 0.5) is 4.39 Å². The van der Waals surface area contributed by atoms with Crippen LogP contribution in [0.3, 0.4) is 0 Å². The average Bonchev–Trinajstić information content (AvgIpc) is 3.19. The highest BCUT2D eigenvalue weighted by Gasteiger charge is 2.26. The van der Waals surface area contributed by atoms with Crippen molar-refractivity contribution in [1.29, 1.82) is 0 Å². The number of hydrogen-bond donors (Lipinski definition) is 4. The first kappa shape index (κ1) is 22.4. The highest BCUT2D eigenvalue weighted by Crippen LogP contribution is 2.41. The molecule has 33 heavy (non-hydrogen) atoms. The van der Waals surface area contributed by atoms with Crippen LogP contribution >= 0.6 is 0 Å². The van der Waals surface area contributed by atoms with Gasteiger partial charge in [0.05, 0.1) is 26.4 Å². The third kappa shape index (κ3) is 4.18. The lowest BCUT2D eigenvalue weighted by molar-refractivity contribution is 0.0879. The number of hydrogen-bond acceptors (Lipinski definition) is 5. The molecule has 0 aromatic heterocycles. The number of rotatable bonds is 7. The van der Waals surface area contributed by atoms with Crippen molar-refractivity contribution in [2.24, 2.45) is 5.73 Å². The molecule has 0 heterocycles. The Balaban J connectivity index is 1.75. The van der Waals surface area contributed by atoms with Crippen LogP contribution in [0.2, 0.25) is 0 Å². The molecule has 3 aromatic rings. The van der Waals surface area contributed by atoms with Crippen LogP contribution in [0, 0.1) is 5.82 Å². The first-order valence-electron chi connectivity index (χ1n) is 10.3. The van der Waals surface area contributed by atoms with Crippen LogP contribution < -0.4 is 15.8 Å². The Morgan fingerprint density at radius 3 is 2.45 bits per heavy atom. The lowest BCUT2D eigenvalue weighted by Crippen LogP contribution is -2.40. The number of halogens is 1. The van der Waals surface area contributed by atoms with Gasteiger partial charge in [0.1, 0.15) is 0 Å². The molecule has 5 N–H and O–H groups in total. The Morgan fingerprint density at radius 2 is 1.82 bits per heavy atom. The third-order valence-corrected chi connectivity index (χ3v) is 5.80. The molecule has 8 heteroatoms. The van der Waals surface area contributed by atoms with Gasteiger partial charge >= 0.3 is 0 Å². The first-order chi connectivity index (χ1) is 15.9. The number of carbonyl (C=O) groups excluding carboxylic acids is 2. The van der Waals surface area contributed by atoms with Crippen LogP contribution in [-0.4, -0.2) is 48.4 Å². The number of primary amides is 1. The zero-order valence-electron chi connectivity index (χ0n) is 17.9. The maximum absolute atomic E-state index is 14.3. The second-order valence-electron chi connectivity index (χ2n) is 7.85. The number of aliphatic hydroxyl groups is 2. The van der Waals surface area contributed by atoms with Gasteiger partial charge in [0.25, 0.3) is 5.91 Å². The van der Waals surface area contributed by atoms with E-state index < -0.39 is 23.7 Å². The Labute approximate surface area is 189 Å². The molecule has 0 unspecified atom stereocenters. The van der Waals surface area contributed by atoms with Crippen molar-refractivity contribution in [3.63, 3.8) is 0 Å². The lowest BCUT2D eigenvalue weighted by atomic mass is 9.94. The van der Waals surface area contributed by atoms with E-state index in [1.165, 1.54) is 19.2 Å². The lowest BCUT2D eigenvalue weighted by Gasteiger charge is -2.14. The van der Waals surface area contributed by atoms with Crippen LogP contribution in [0.5, 0.6) is 5.75 Å². The molecule has 0 atom stereocenters. The molecule has 0 spiro atoms. The Kier molecular flexibility index (Phi) is 6.13. The van der Waals surface area contributed by atoms with Gasteiger partial charge in [-0.3, -0.25) is 9.59 Å². The van der Waals surface area contributed by atoms with Crippen LogP contribution in [0.15, 0.2) is 48.5 Å². The largest absolute Gasteiger partial charge is 0.494 e. The van der Waals surface area contributed by atoms with Crippen molar-refractivity contribution in [3.05, 3.63) is 76.6 Å². The van der Waals surface area contributed by atoms with E-state index in [0.717, 1.165) is 22.3 Å². The van der Waals surface area contributed by atoms with Crippen molar-refractivity contribution >= 4 is 11.8 Å². The zero-order chi connectivity index (χ0) is 23.7. The molecule has 4 rings (SSSR count). The summed E-state index contributed by atoms with van der Waals surface area (Å²) < 4.78 is 19.3. The number of amides is 2. The van der Waals surface area contributed by atoms with Gasteiger partial charge in [-0.2, -0.15) is 0 Å². The molecule has 1 aliphatic rings. The van der Waals surface area contributed by atoms with E-state index in [1.807, 2.05) is 6.07 Å². The third-order valence-electron chi connectivity index (χ3n) is 5.80. The van der Waals surface area contributed by atoms with Gasteiger partial charge in [-0.05, 0) is 76.2 Å². The van der Waals surface area contributed by atoms with Gasteiger partial charge in [0.2, 0.25) is 5.91 Å². The predicted octanol–water partition coefficient (Wildman–Crippen LogP) is 2.25. The van der Waals surface area contributed by atoms with Gasteiger partial charge in [0, 0.05) is 11.1 Å². The molecule has 0 bridgehead atoms. The van der Waals surface area contributed by atoms with E-state index in [-0.39, 0.29) is 19.0 Å². The fourth-order valence-corrected chi connectivity index (χ4v) is 4.09. The summed E-state index contributed by atoms with van der Waals surface area (Å²) >= 11 is 0. The summed E-state index contributed by atoms with van der Waals surface area (Å²) in [6.07, 6.45) is 0.407.